The molecule has 0 aliphatic carbocycles. The minimum Gasteiger partial charge on any atom is -0.378 e. The summed E-state index contributed by atoms with van der Waals surface area (Å²) in [6.45, 7) is 8.51. The van der Waals surface area contributed by atoms with Crippen molar-refractivity contribution in [1.82, 2.24) is 4.98 Å². The molecule has 1 aliphatic rings. The van der Waals surface area contributed by atoms with E-state index >= 15 is 0 Å². The summed E-state index contributed by atoms with van der Waals surface area (Å²) in [5, 5.41) is 5.36. The Kier molecular flexibility index (Phi) is 3.38. The Morgan fingerprint density at radius 3 is 2.71 bits per heavy atom. The molecule has 2 heterocycles. The highest BCUT2D eigenvalue weighted by Gasteiger charge is 2.45. The van der Waals surface area contributed by atoms with Crippen molar-refractivity contribution in [2.75, 3.05) is 5.32 Å². The van der Waals surface area contributed by atoms with Gasteiger partial charge in [0.1, 0.15) is 0 Å². The standard InChI is InChI=1S/C17H21ClN2O/c1-16(2)10-14(17(3,4)21-16)20-13-9-12(18)8-11-6-5-7-19-15(11)13/h5-9,14,20H,10H2,1-4H3. The van der Waals surface area contributed by atoms with Crippen LogP contribution < -0.4 is 5.32 Å². The summed E-state index contributed by atoms with van der Waals surface area (Å²) in [6.07, 6.45) is 2.75. The molecule has 1 aromatic carbocycles. The molecule has 1 saturated heterocycles. The van der Waals surface area contributed by atoms with Crippen LogP contribution in [-0.4, -0.2) is 22.2 Å². The van der Waals surface area contributed by atoms with E-state index in [1.54, 1.807) is 0 Å². The third-order valence-corrected chi connectivity index (χ3v) is 4.29. The molecule has 1 atom stereocenters. The number of halogens is 1. The first kappa shape index (κ1) is 14.6. The number of ether oxygens (including phenoxy) is 1. The lowest BCUT2D eigenvalue weighted by atomic mass is 9.94. The lowest BCUT2D eigenvalue weighted by Gasteiger charge is -2.28. The lowest BCUT2D eigenvalue weighted by molar-refractivity contribution is -0.0662. The molecule has 2 aromatic rings. The smallest absolute Gasteiger partial charge is 0.0934 e. The van der Waals surface area contributed by atoms with Crippen LogP contribution in [0.3, 0.4) is 0 Å². The number of fused-ring (bicyclic) bond motifs is 1. The molecule has 0 amide bonds. The molecule has 112 valence electrons. The Labute approximate surface area is 130 Å². The van der Waals surface area contributed by atoms with Crippen molar-refractivity contribution in [2.24, 2.45) is 0 Å². The molecule has 1 aromatic heterocycles. The summed E-state index contributed by atoms with van der Waals surface area (Å²) in [7, 11) is 0. The minimum atomic E-state index is -0.229. The molecule has 21 heavy (non-hydrogen) atoms. The van der Waals surface area contributed by atoms with Gasteiger partial charge in [-0.05, 0) is 52.3 Å². The number of rotatable bonds is 2. The Bertz CT molecular complexity index is 682. The fourth-order valence-electron chi connectivity index (χ4n) is 3.24. The van der Waals surface area contributed by atoms with Gasteiger partial charge in [-0.1, -0.05) is 17.7 Å². The highest BCUT2D eigenvalue weighted by atomic mass is 35.5. The zero-order chi connectivity index (χ0) is 15.3. The quantitative estimate of drug-likeness (QED) is 0.877. The summed E-state index contributed by atoms with van der Waals surface area (Å²) in [4.78, 5) is 4.49. The van der Waals surface area contributed by atoms with Gasteiger partial charge in [0.15, 0.2) is 0 Å². The van der Waals surface area contributed by atoms with Crippen LogP contribution >= 0.6 is 11.6 Å². The van der Waals surface area contributed by atoms with Crippen molar-refractivity contribution in [3.05, 3.63) is 35.5 Å². The van der Waals surface area contributed by atoms with E-state index in [1.807, 2.05) is 30.5 Å². The molecule has 1 unspecified atom stereocenters. The molecule has 0 radical (unpaired) electrons. The first-order valence-corrected chi connectivity index (χ1v) is 7.66. The zero-order valence-corrected chi connectivity index (χ0v) is 13.7. The Morgan fingerprint density at radius 2 is 2.05 bits per heavy atom. The normalized spacial score (nSPS) is 23.4. The van der Waals surface area contributed by atoms with Crippen LogP contribution in [0.25, 0.3) is 10.9 Å². The highest BCUT2D eigenvalue weighted by Crippen LogP contribution is 2.40. The van der Waals surface area contributed by atoms with Crippen molar-refractivity contribution in [3.63, 3.8) is 0 Å². The average molecular weight is 305 g/mol. The van der Waals surface area contributed by atoms with E-state index < -0.39 is 0 Å². The van der Waals surface area contributed by atoms with E-state index in [4.69, 9.17) is 16.3 Å². The molecule has 0 bridgehead atoms. The summed E-state index contributed by atoms with van der Waals surface area (Å²) >= 11 is 6.24. The summed E-state index contributed by atoms with van der Waals surface area (Å²) < 4.78 is 6.15. The molecule has 3 rings (SSSR count). The number of nitrogens with zero attached hydrogens (tertiary/aromatic N) is 1. The van der Waals surface area contributed by atoms with E-state index in [2.05, 4.69) is 38.0 Å². The molecule has 1 N–H and O–H groups in total. The molecule has 0 spiro atoms. The molecular weight excluding hydrogens is 284 g/mol. The van der Waals surface area contributed by atoms with Gasteiger partial charge < -0.3 is 10.1 Å². The first-order chi connectivity index (χ1) is 9.77. The van der Waals surface area contributed by atoms with Gasteiger partial charge in [0, 0.05) is 16.6 Å². The number of hydrogen-bond donors (Lipinski definition) is 1. The van der Waals surface area contributed by atoms with Gasteiger partial charge in [0.05, 0.1) is 28.4 Å². The minimum absolute atomic E-state index is 0.122. The maximum absolute atomic E-state index is 6.24. The molecule has 3 nitrogen and oxygen atoms in total. The number of nitrogens with one attached hydrogen (secondary N) is 1. The number of hydrogen-bond acceptors (Lipinski definition) is 3. The van der Waals surface area contributed by atoms with E-state index in [0.717, 1.165) is 23.0 Å². The third-order valence-electron chi connectivity index (χ3n) is 4.07. The van der Waals surface area contributed by atoms with Crippen LogP contribution in [0.2, 0.25) is 5.02 Å². The van der Waals surface area contributed by atoms with Crippen LogP contribution in [0.15, 0.2) is 30.5 Å². The number of benzene rings is 1. The first-order valence-electron chi connectivity index (χ1n) is 7.28. The fraction of sp³-hybridized carbons (Fsp3) is 0.471. The maximum atomic E-state index is 6.24. The van der Waals surface area contributed by atoms with Crippen LogP contribution in [0, 0.1) is 0 Å². The second-order valence-electron chi connectivity index (χ2n) is 6.89. The van der Waals surface area contributed by atoms with E-state index in [0.29, 0.717) is 5.02 Å². The van der Waals surface area contributed by atoms with Gasteiger partial charge in [-0.3, -0.25) is 4.98 Å². The Hall–Kier alpha value is -1.32. The van der Waals surface area contributed by atoms with Gasteiger partial charge >= 0.3 is 0 Å². The van der Waals surface area contributed by atoms with Crippen molar-refractivity contribution in [3.8, 4) is 0 Å². The monoisotopic (exact) mass is 304 g/mol. The number of anilines is 1. The maximum Gasteiger partial charge on any atom is 0.0934 e. The van der Waals surface area contributed by atoms with Crippen molar-refractivity contribution >= 4 is 28.2 Å². The number of pyridine rings is 1. The van der Waals surface area contributed by atoms with Crippen LogP contribution in [0.4, 0.5) is 5.69 Å². The van der Waals surface area contributed by atoms with Crippen molar-refractivity contribution < 1.29 is 4.74 Å². The average Bonchev–Trinajstić information content (AvgIpc) is 2.56. The Balaban J connectivity index is 1.99. The molecule has 0 saturated carbocycles. The van der Waals surface area contributed by atoms with Gasteiger partial charge in [-0.2, -0.15) is 0 Å². The zero-order valence-electron chi connectivity index (χ0n) is 12.9. The van der Waals surface area contributed by atoms with E-state index in [-0.39, 0.29) is 17.2 Å². The Morgan fingerprint density at radius 1 is 1.29 bits per heavy atom. The van der Waals surface area contributed by atoms with Crippen LogP contribution in [0.1, 0.15) is 34.1 Å². The van der Waals surface area contributed by atoms with Crippen molar-refractivity contribution in [1.29, 1.82) is 0 Å². The third kappa shape index (κ3) is 2.85. The van der Waals surface area contributed by atoms with Gasteiger partial charge in [0.2, 0.25) is 0 Å². The van der Waals surface area contributed by atoms with Crippen LogP contribution in [-0.2, 0) is 4.74 Å². The van der Waals surface area contributed by atoms with Crippen LogP contribution in [0.5, 0.6) is 0 Å². The molecule has 4 heteroatoms. The molecule has 1 fully saturated rings. The topological polar surface area (TPSA) is 34.2 Å². The van der Waals surface area contributed by atoms with E-state index in [9.17, 15) is 0 Å². The second-order valence-corrected chi connectivity index (χ2v) is 7.33. The lowest BCUT2D eigenvalue weighted by Crippen LogP contribution is -2.38. The summed E-state index contributed by atoms with van der Waals surface area (Å²) in [5.41, 5.74) is 1.57. The fourth-order valence-corrected chi connectivity index (χ4v) is 3.47. The van der Waals surface area contributed by atoms with Gasteiger partial charge in [-0.25, -0.2) is 0 Å². The second kappa shape index (κ2) is 4.85. The number of aromatic nitrogens is 1. The SMILES string of the molecule is CC1(C)CC(Nc2cc(Cl)cc3cccnc23)C(C)(C)O1. The molecular formula is C17H21ClN2O. The van der Waals surface area contributed by atoms with E-state index in [1.165, 1.54) is 0 Å². The highest BCUT2D eigenvalue weighted by molar-refractivity contribution is 6.31. The largest absolute Gasteiger partial charge is 0.378 e. The van der Waals surface area contributed by atoms with Crippen molar-refractivity contribution in [2.45, 2.75) is 51.4 Å². The predicted molar refractivity (Wildman–Crippen MR) is 88.0 cm³/mol. The predicted octanol–water partition coefficient (Wildman–Crippen LogP) is 4.65. The van der Waals surface area contributed by atoms with Gasteiger partial charge in [0.25, 0.3) is 0 Å². The summed E-state index contributed by atoms with van der Waals surface area (Å²) in [6, 6.07) is 8.05. The molecule has 1 aliphatic heterocycles. The summed E-state index contributed by atoms with van der Waals surface area (Å²) in [5.74, 6) is 0. The van der Waals surface area contributed by atoms with Gasteiger partial charge in [-0.15, -0.1) is 0 Å².